The van der Waals surface area contributed by atoms with Gasteiger partial charge in [0.25, 0.3) is 5.91 Å². The lowest BCUT2D eigenvalue weighted by atomic mass is 9.86. The molecular formula is C23H19NO6. The van der Waals surface area contributed by atoms with Gasteiger partial charge in [-0.25, -0.2) is 4.79 Å². The number of benzene rings is 3. The first-order valence-corrected chi connectivity index (χ1v) is 9.27. The van der Waals surface area contributed by atoms with Gasteiger partial charge < -0.3 is 24.6 Å². The highest BCUT2D eigenvalue weighted by Gasteiger charge is 2.41. The molecule has 2 N–H and O–H groups in total. The molecule has 0 spiro atoms. The average Bonchev–Trinajstić information content (AvgIpc) is 3.26. The zero-order valence-electron chi connectivity index (χ0n) is 15.9. The van der Waals surface area contributed by atoms with E-state index >= 15 is 0 Å². The predicted molar refractivity (Wildman–Crippen MR) is 108 cm³/mol. The van der Waals surface area contributed by atoms with Crippen molar-refractivity contribution in [1.29, 1.82) is 0 Å². The van der Waals surface area contributed by atoms with Gasteiger partial charge in [-0.05, 0) is 23.3 Å². The molecule has 30 heavy (non-hydrogen) atoms. The van der Waals surface area contributed by atoms with Crippen LogP contribution in [0.15, 0.2) is 78.9 Å². The Labute approximate surface area is 172 Å². The van der Waals surface area contributed by atoms with Crippen LogP contribution in [0.3, 0.4) is 0 Å². The molecule has 4 rings (SSSR count). The Morgan fingerprint density at radius 1 is 0.900 bits per heavy atom. The first kappa shape index (κ1) is 19.5. The van der Waals surface area contributed by atoms with Crippen molar-refractivity contribution in [2.24, 2.45) is 0 Å². The van der Waals surface area contributed by atoms with Crippen LogP contribution in [0.2, 0.25) is 0 Å². The van der Waals surface area contributed by atoms with Crippen molar-refractivity contribution >= 4 is 17.6 Å². The van der Waals surface area contributed by atoms with Crippen molar-refractivity contribution in [3.8, 4) is 11.5 Å². The molecule has 1 heterocycles. The fourth-order valence-electron chi connectivity index (χ4n) is 3.17. The first-order valence-electron chi connectivity index (χ1n) is 9.27. The molecule has 7 heteroatoms. The Hall–Kier alpha value is -3.84. The quantitative estimate of drug-likeness (QED) is 0.613. The summed E-state index contributed by atoms with van der Waals surface area (Å²) in [7, 11) is 0. The molecule has 0 fully saturated rings. The maximum atomic E-state index is 12.9. The van der Waals surface area contributed by atoms with Crippen LogP contribution < -0.4 is 14.8 Å². The minimum atomic E-state index is -2.04. The number of ether oxygens (including phenoxy) is 3. The summed E-state index contributed by atoms with van der Waals surface area (Å²) in [6, 6.07) is 21.8. The summed E-state index contributed by atoms with van der Waals surface area (Å²) in [5.41, 5.74) is -0.877. The van der Waals surface area contributed by atoms with E-state index in [1.807, 2.05) is 0 Å². The Morgan fingerprint density at radius 3 is 2.13 bits per heavy atom. The number of rotatable bonds is 6. The second-order valence-electron chi connectivity index (χ2n) is 6.63. The molecule has 1 amide bonds. The van der Waals surface area contributed by atoms with Gasteiger partial charge in [0.2, 0.25) is 12.4 Å². The third-order valence-electron chi connectivity index (χ3n) is 4.67. The molecule has 0 saturated carbocycles. The van der Waals surface area contributed by atoms with Gasteiger partial charge in [-0.1, -0.05) is 60.7 Å². The molecule has 152 valence electrons. The summed E-state index contributed by atoms with van der Waals surface area (Å²) in [6.07, 6.45) is 0. The fourth-order valence-corrected chi connectivity index (χ4v) is 3.17. The van der Waals surface area contributed by atoms with Gasteiger partial charge in [-0.3, -0.25) is 4.79 Å². The number of hydrogen-bond acceptors (Lipinski definition) is 6. The van der Waals surface area contributed by atoms with Crippen LogP contribution >= 0.6 is 0 Å². The molecule has 0 aromatic heterocycles. The van der Waals surface area contributed by atoms with Gasteiger partial charge in [0, 0.05) is 11.8 Å². The summed E-state index contributed by atoms with van der Waals surface area (Å²) in [6.45, 7) is -0.433. The molecule has 1 aliphatic heterocycles. The molecule has 0 radical (unpaired) electrons. The minimum absolute atomic E-state index is 0.127. The number of nitrogens with one attached hydrogen (secondary N) is 1. The third-order valence-corrected chi connectivity index (χ3v) is 4.67. The van der Waals surface area contributed by atoms with E-state index < -0.39 is 24.1 Å². The smallest absolute Gasteiger partial charge is 0.348 e. The van der Waals surface area contributed by atoms with Gasteiger partial charge in [0.1, 0.15) is 0 Å². The van der Waals surface area contributed by atoms with E-state index in [9.17, 15) is 14.7 Å². The zero-order chi connectivity index (χ0) is 21.0. The molecule has 7 nitrogen and oxygen atoms in total. The number of carbonyl (C=O) groups is 2. The number of fused-ring (bicyclic) bond motifs is 1. The van der Waals surface area contributed by atoms with E-state index in [2.05, 4.69) is 5.32 Å². The Bertz CT molecular complexity index is 1010. The van der Waals surface area contributed by atoms with Crippen molar-refractivity contribution in [3.63, 3.8) is 0 Å². The highest BCUT2D eigenvalue weighted by Crippen LogP contribution is 2.34. The zero-order valence-corrected chi connectivity index (χ0v) is 15.9. The molecule has 1 aliphatic rings. The van der Waals surface area contributed by atoms with Crippen LogP contribution in [0.4, 0.5) is 5.69 Å². The number of aliphatic hydroxyl groups is 1. The first-order chi connectivity index (χ1) is 14.6. The predicted octanol–water partition coefficient (Wildman–Crippen LogP) is 2.83. The monoisotopic (exact) mass is 405 g/mol. The lowest BCUT2D eigenvalue weighted by Crippen LogP contribution is -2.39. The summed E-state index contributed by atoms with van der Waals surface area (Å²) in [5.74, 6) is -0.381. The van der Waals surface area contributed by atoms with Crippen molar-refractivity contribution < 1.29 is 28.9 Å². The minimum Gasteiger partial charge on any atom is -0.454 e. The van der Waals surface area contributed by atoms with Gasteiger partial charge in [0.05, 0.1) is 0 Å². The number of amides is 1. The highest BCUT2D eigenvalue weighted by atomic mass is 16.7. The Kier molecular flexibility index (Phi) is 5.36. The molecule has 3 aromatic rings. The maximum absolute atomic E-state index is 12.9. The normalized spacial score (nSPS) is 12.3. The van der Waals surface area contributed by atoms with E-state index in [0.717, 1.165) is 0 Å². The second kappa shape index (κ2) is 8.26. The van der Waals surface area contributed by atoms with Gasteiger partial charge >= 0.3 is 5.97 Å². The summed E-state index contributed by atoms with van der Waals surface area (Å²) < 4.78 is 15.7. The molecular weight excluding hydrogens is 386 g/mol. The SMILES string of the molecule is O=C(COC(=O)C(O)(c1ccccc1)c1ccccc1)Nc1ccc2c(c1)OCO2. The summed E-state index contributed by atoms with van der Waals surface area (Å²) in [5, 5.41) is 13.9. The van der Waals surface area contributed by atoms with E-state index in [1.54, 1.807) is 78.9 Å². The standard InChI is InChI=1S/C23H19NO6/c25-21(24-18-11-12-19-20(13-18)30-15-29-19)14-28-22(26)23(27,16-7-3-1-4-8-16)17-9-5-2-6-10-17/h1-13,27H,14-15H2,(H,24,25). The summed E-state index contributed by atoms with van der Waals surface area (Å²) >= 11 is 0. The largest absolute Gasteiger partial charge is 0.454 e. The lowest BCUT2D eigenvalue weighted by molar-refractivity contribution is -0.163. The third kappa shape index (κ3) is 3.83. The van der Waals surface area contributed by atoms with E-state index in [1.165, 1.54) is 0 Å². The van der Waals surface area contributed by atoms with Gasteiger partial charge in [-0.15, -0.1) is 0 Å². The molecule has 0 saturated heterocycles. The van der Waals surface area contributed by atoms with Crippen LogP contribution in [0.1, 0.15) is 11.1 Å². The van der Waals surface area contributed by atoms with Crippen LogP contribution in [0, 0.1) is 0 Å². The highest BCUT2D eigenvalue weighted by molar-refractivity contribution is 5.94. The summed E-state index contributed by atoms with van der Waals surface area (Å²) in [4.78, 5) is 25.2. The molecule has 0 bridgehead atoms. The lowest BCUT2D eigenvalue weighted by Gasteiger charge is -2.26. The second-order valence-corrected chi connectivity index (χ2v) is 6.63. The van der Waals surface area contributed by atoms with Crippen LogP contribution in [0.25, 0.3) is 0 Å². The molecule has 0 atom stereocenters. The van der Waals surface area contributed by atoms with Crippen LogP contribution in [0.5, 0.6) is 11.5 Å². The van der Waals surface area contributed by atoms with Crippen LogP contribution in [-0.4, -0.2) is 30.4 Å². The Balaban J connectivity index is 1.47. The molecule has 0 unspecified atom stereocenters. The number of hydrogen-bond donors (Lipinski definition) is 2. The van der Waals surface area contributed by atoms with Crippen LogP contribution in [-0.2, 0) is 19.9 Å². The number of anilines is 1. The molecule has 0 aliphatic carbocycles. The van der Waals surface area contributed by atoms with E-state index in [4.69, 9.17) is 14.2 Å². The fraction of sp³-hybridized carbons (Fsp3) is 0.130. The number of carbonyl (C=O) groups excluding carboxylic acids is 2. The van der Waals surface area contributed by atoms with Crippen molar-refractivity contribution in [1.82, 2.24) is 0 Å². The van der Waals surface area contributed by atoms with E-state index in [0.29, 0.717) is 28.3 Å². The number of esters is 1. The van der Waals surface area contributed by atoms with Crippen molar-refractivity contribution in [3.05, 3.63) is 90.0 Å². The van der Waals surface area contributed by atoms with Crippen molar-refractivity contribution in [2.75, 3.05) is 18.7 Å². The average molecular weight is 405 g/mol. The topological polar surface area (TPSA) is 94.1 Å². The van der Waals surface area contributed by atoms with Gasteiger partial charge in [0.15, 0.2) is 18.1 Å². The van der Waals surface area contributed by atoms with E-state index in [-0.39, 0.29) is 6.79 Å². The Morgan fingerprint density at radius 2 is 1.50 bits per heavy atom. The molecule has 3 aromatic carbocycles. The maximum Gasteiger partial charge on any atom is 0.348 e. The van der Waals surface area contributed by atoms with Crippen molar-refractivity contribution in [2.45, 2.75) is 5.60 Å². The van der Waals surface area contributed by atoms with Gasteiger partial charge in [-0.2, -0.15) is 0 Å².